The fourth-order valence-electron chi connectivity index (χ4n) is 3.83. The Morgan fingerprint density at radius 2 is 1.97 bits per heavy atom. The van der Waals surface area contributed by atoms with Crippen LogP contribution in [0.2, 0.25) is 5.02 Å². The zero-order valence-electron chi connectivity index (χ0n) is 16.6. The van der Waals surface area contributed by atoms with Gasteiger partial charge in [0, 0.05) is 6.42 Å². The molecule has 0 saturated carbocycles. The third-order valence-electron chi connectivity index (χ3n) is 5.27. The Morgan fingerprint density at radius 1 is 1.16 bits per heavy atom. The van der Waals surface area contributed by atoms with Crippen LogP contribution in [0.1, 0.15) is 23.9 Å². The van der Waals surface area contributed by atoms with E-state index in [-0.39, 0.29) is 22.8 Å². The number of anilines is 2. The first-order chi connectivity index (χ1) is 15.6. The molecule has 2 aromatic carbocycles. The van der Waals surface area contributed by atoms with Gasteiger partial charge in [-0.3, -0.25) is 14.2 Å². The number of hydrogen-bond donors (Lipinski definition) is 1. The standard InChI is InChI=1S/C22H16ClN7O2/c23-15-7-4-8-16-18(15)22(31)29(13-5-2-1-3-6-13)21(28-16)17-9-10-32-30(17)20-14(11-24)19(25)26-12-27-20/h1-8,12,17H,9-10H2,(H2,25,26,27)/t17-/m0/s1. The van der Waals surface area contributed by atoms with Gasteiger partial charge in [-0.25, -0.2) is 20.0 Å². The molecule has 2 N–H and O–H groups in total. The van der Waals surface area contributed by atoms with Gasteiger partial charge in [-0.1, -0.05) is 35.9 Å². The van der Waals surface area contributed by atoms with Crippen LogP contribution in [0.15, 0.2) is 59.7 Å². The third kappa shape index (κ3) is 3.13. The number of hydrogen-bond acceptors (Lipinski definition) is 8. The Hall–Kier alpha value is -4.00. The number of aromatic nitrogens is 4. The minimum atomic E-state index is -0.507. The van der Waals surface area contributed by atoms with Crippen LogP contribution in [0, 0.1) is 11.3 Å². The summed E-state index contributed by atoms with van der Waals surface area (Å²) in [6.45, 7) is 0.345. The molecule has 0 bridgehead atoms. The highest BCUT2D eigenvalue weighted by molar-refractivity contribution is 6.35. The Morgan fingerprint density at radius 3 is 2.75 bits per heavy atom. The van der Waals surface area contributed by atoms with Crippen LogP contribution in [0.25, 0.3) is 16.6 Å². The number of rotatable bonds is 3. The van der Waals surface area contributed by atoms with Gasteiger partial charge < -0.3 is 5.73 Å². The van der Waals surface area contributed by atoms with E-state index in [1.165, 1.54) is 16.0 Å². The van der Waals surface area contributed by atoms with E-state index < -0.39 is 6.04 Å². The second kappa shape index (κ2) is 7.92. The largest absolute Gasteiger partial charge is 0.382 e. The molecular formula is C22H16ClN7O2. The van der Waals surface area contributed by atoms with E-state index in [4.69, 9.17) is 27.2 Å². The Balaban J connectivity index is 1.78. The average Bonchev–Trinajstić information content (AvgIpc) is 3.29. The third-order valence-corrected chi connectivity index (χ3v) is 5.58. The van der Waals surface area contributed by atoms with Crippen LogP contribution < -0.4 is 16.4 Å². The highest BCUT2D eigenvalue weighted by atomic mass is 35.5. The summed E-state index contributed by atoms with van der Waals surface area (Å²) in [5.41, 5.74) is 6.78. The van der Waals surface area contributed by atoms with Gasteiger partial charge in [0.1, 0.15) is 35.6 Å². The predicted molar refractivity (Wildman–Crippen MR) is 119 cm³/mol. The second-order valence-electron chi connectivity index (χ2n) is 7.11. The lowest BCUT2D eigenvalue weighted by molar-refractivity contribution is 0.155. The van der Waals surface area contributed by atoms with E-state index in [2.05, 4.69) is 9.97 Å². The molecule has 3 heterocycles. The number of halogens is 1. The summed E-state index contributed by atoms with van der Waals surface area (Å²) in [7, 11) is 0. The van der Waals surface area contributed by atoms with Crippen LogP contribution in [0.4, 0.5) is 11.6 Å². The first-order valence-electron chi connectivity index (χ1n) is 9.79. The van der Waals surface area contributed by atoms with Gasteiger partial charge >= 0.3 is 0 Å². The fraction of sp³-hybridized carbons (Fsp3) is 0.136. The predicted octanol–water partition coefficient (Wildman–Crippen LogP) is 3.17. The van der Waals surface area contributed by atoms with Crippen molar-refractivity contribution < 1.29 is 4.84 Å². The number of para-hydroxylation sites is 1. The summed E-state index contributed by atoms with van der Waals surface area (Å²) in [5, 5.41) is 11.7. The summed E-state index contributed by atoms with van der Waals surface area (Å²) in [4.78, 5) is 32.4. The monoisotopic (exact) mass is 445 g/mol. The number of nitrogens with zero attached hydrogens (tertiary/aromatic N) is 6. The molecule has 9 nitrogen and oxygen atoms in total. The zero-order valence-corrected chi connectivity index (χ0v) is 17.4. The first-order valence-corrected chi connectivity index (χ1v) is 10.2. The lowest BCUT2D eigenvalue weighted by Gasteiger charge is -2.26. The maximum absolute atomic E-state index is 13.6. The van der Waals surface area contributed by atoms with Crippen molar-refractivity contribution in [1.29, 1.82) is 5.26 Å². The molecule has 0 aliphatic carbocycles. The van der Waals surface area contributed by atoms with E-state index in [0.29, 0.717) is 40.5 Å². The van der Waals surface area contributed by atoms with E-state index in [1.807, 2.05) is 36.4 Å². The molecule has 1 fully saturated rings. The Labute approximate surface area is 187 Å². The van der Waals surface area contributed by atoms with Crippen molar-refractivity contribution in [2.75, 3.05) is 17.4 Å². The molecule has 158 valence electrons. The summed E-state index contributed by atoms with van der Waals surface area (Å²) in [6.07, 6.45) is 1.78. The van der Waals surface area contributed by atoms with Crippen molar-refractivity contribution in [3.05, 3.63) is 81.6 Å². The van der Waals surface area contributed by atoms with Gasteiger partial charge in [-0.15, -0.1) is 0 Å². The zero-order chi connectivity index (χ0) is 22.2. The quantitative estimate of drug-likeness (QED) is 0.510. The molecule has 1 atom stereocenters. The van der Waals surface area contributed by atoms with Crippen LogP contribution in [0.5, 0.6) is 0 Å². The molecule has 10 heteroatoms. The molecule has 4 aromatic rings. The second-order valence-corrected chi connectivity index (χ2v) is 7.52. The van der Waals surface area contributed by atoms with Crippen molar-refractivity contribution in [3.63, 3.8) is 0 Å². The summed E-state index contributed by atoms with van der Waals surface area (Å²) in [5.74, 6) is 0.711. The van der Waals surface area contributed by atoms with Crippen LogP contribution in [-0.4, -0.2) is 26.1 Å². The minimum absolute atomic E-state index is 0.0467. The number of nitriles is 1. The Kier molecular flexibility index (Phi) is 4.93. The van der Waals surface area contributed by atoms with E-state index in [1.54, 1.807) is 18.2 Å². The maximum Gasteiger partial charge on any atom is 0.267 e. The van der Waals surface area contributed by atoms with Crippen molar-refractivity contribution >= 4 is 34.1 Å². The Bertz CT molecular complexity index is 1430. The van der Waals surface area contributed by atoms with Gasteiger partial charge in [0.05, 0.1) is 28.2 Å². The number of benzene rings is 2. The van der Waals surface area contributed by atoms with E-state index in [0.717, 1.165) is 0 Å². The van der Waals surface area contributed by atoms with Crippen molar-refractivity contribution in [3.8, 4) is 11.8 Å². The highest BCUT2D eigenvalue weighted by Crippen LogP contribution is 2.36. The lowest BCUT2D eigenvalue weighted by atomic mass is 10.1. The molecule has 1 aliphatic heterocycles. The number of hydroxylamine groups is 1. The maximum atomic E-state index is 13.6. The average molecular weight is 446 g/mol. The number of nitrogen functional groups attached to an aromatic ring is 1. The van der Waals surface area contributed by atoms with Crippen molar-refractivity contribution in [2.24, 2.45) is 0 Å². The van der Waals surface area contributed by atoms with Gasteiger partial charge in [0.25, 0.3) is 5.56 Å². The summed E-state index contributed by atoms with van der Waals surface area (Å²) in [6, 6.07) is 15.8. The molecule has 0 spiro atoms. The van der Waals surface area contributed by atoms with Crippen LogP contribution in [0.3, 0.4) is 0 Å². The molecule has 1 saturated heterocycles. The highest BCUT2D eigenvalue weighted by Gasteiger charge is 2.35. The number of fused-ring (bicyclic) bond motifs is 1. The molecular weight excluding hydrogens is 430 g/mol. The molecule has 0 radical (unpaired) electrons. The fourth-order valence-corrected chi connectivity index (χ4v) is 4.08. The van der Waals surface area contributed by atoms with E-state index in [9.17, 15) is 10.1 Å². The minimum Gasteiger partial charge on any atom is -0.382 e. The normalized spacial score (nSPS) is 15.8. The van der Waals surface area contributed by atoms with Crippen molar-refractivity contribution in [1.82, 2.24) is 19.5 Å². The molecule has 2 aromatic heterocycles. The van der Waals surface area contributed by atoms with Gasteiger partial charge in [-0.05, 0) is 24.3 Å². The van der Waals surface area contributed by atoms with Gasteiger partial charge in [-0.2, -0.15) is 5.26 Å². The first kappa shape index (κ1) is 19.9. The SMILES string of the molecule is N#Cc1c(N)ncnc1N1OCC[C@H]1c1nc2cccc(Cl)c2c(=O)n1-c1ccccc1. The van der Waals surface area contributed by atoms with Crippen LogP contribution >= 0.6 is 11.6 Å². The summed E-state index contributed by atoms with van der Waals surface area (Å²) < 4.78 is 1.52. The lowest BCUT2D eigenvalue weighted by Crippen LogP contribution is -2.32. The summed E-state index contributed by atoms with van der Waals surface area (Å²) >= 11 is 6.36. The van der Waals surface area contributed by atoms with Crippen molar-refractivity contribution in [2.45, 2.75) is 12.5 Å². The smallest absolute Gasteiger partial charge is 0.267 e. The topological polar surface area (TPSA) is 123 Å². The molecule has 0 amide bonds. The molecule has 32 heavy (non-hydrogen) atoms. The van der Waals surface area contributed by atoms with E-state index >= 15 is 0 Å². The molecule has 1 aliphatic rings. The number of nitrogens with two attached hydrogens (primary N) is 1. The van der Waals surface area contributed by atoms with Crippen LogP contribution in [-0.2, 0) is 4.84 Å². The molecule has 0 unspecified atom stereocenters. The van der Waals surface area contributed by atoms with Gasteiger partial charge in [0.15, 0.2) is 5.82 Å². The van der Waals surface area contributed by atoms with Gasteiger partial charge in [0.2, 0.25) is 0 Å². The molecule has 5 rings (SSSR count).